The second-order valence-electron chi connectivity index (χ2n) is 9.87. The molecule has 0 spiro atoms. The van der Waals surface area contributed by atoms with Crippen molar-refractivity contribution in [3.63, 3.8) is 0 Å². The molecule has 2 aliphatic carbocycles. The number of rotatable bonds is 10. The van der Waals surface area contributed by atoms with E-state index < -0.39 is 6.10 Å². The number of amides is 1. The van der Waals surface area contributed by atoms with Crippen molar-refractivity contribution in [1.82, 2.24) is 5.32 Å². The van der Waals surface area contributed by atoms with Gasteiger partial charge in [-0.3, -0.25) is 4.79 Å². The van der Waals surface area contributed by atoms with Crippen molar-refractivity contribution >= 4 is 11.6 Å². The molecule has 1 atom stereocenters. The number of carbonyl (C=O) groups is 1. The van der Waals surface area contributed by atoms with Crippen molar-refractivity contribution in [2.75, 3.05) is 31.7 Å². The zero-order chi connectivity index (χ0) is 24.2. The summed E-state index contributed by atoms with van der Waals surface area (Å²) >= 11 is 0. The van der Waals surface area contributed by atoms with Gasteiger partial charge in [-0.25, -0.2) is 0 Å². The highest BCUT2D eigenvalue weighted by Gasteiger charge is 2.35. The number of hydrogen-bond acceptors (Lipinski definition) is 6. The van der Waals surface area contributed by atoms with Crippen LogP contribution in [0.5, 0.6) is 17.2 Å². The summed E-state index contributed by atoms with van der Waals surface area (Å²) in [6.45, 7) is 1.86. The molecule has 1 amide bonds. The molecule has 0 bridgehead atoms. The SMILES string of the molecule is COc1cc(N2CC[C@H](Oc3ccc(C4CC4)cc3)C2=O)ccc1OCCNC1CCC(O)CC1. The standard InChI is InChI=1S/C28H36N2O5/c1-33-27-18-22(8-13-25(27)34-17-15-29-21-6-9-23(31)10-7-21)30-16-14-26(28(30)32)35-24-11-4-20(5-12-24)19-2-3-19/h4-5,8,11-13,18-19,21,23,26,29,31H,2-3,6-7,9-10,14-17H2,1H3/t21?,23?,26-/m0/s1. The normalized spacial score (nSPS) is 24.5. The van der Waals surface area contributed by atoms with E-state index in [1.165, 1.54) is 18.4 Å². The Kier molecular flexibility index (Phi) is 7.44. The molecule has 0 radical (unpaired) electrons. The Hall–Kier alpha value is -2.77. The molecule has 7 nitrogen and oxygen atoms in total. The molecule has 0 unspecified atom stereocenters. The Morgan fingerprint density at radius 1 is 0.971 bits per heavy atom. The molecule has 7 heteroatoms. The highest BCUT2D eigenvalue weighted by atomic mass is 16.5. The van der Waals surface area contributed by atoms with Gasteiger partial charge in [0, 0.05) is 37.3 Å². The van der Waals surface area contributed by atoms with Crippen LogP contribution >= 0.6 is 0 Å². The summed E-state index contributed by atoms with van der Waals surface area (Å²) in [7, 11) is 1.61. The predicted octanol–water partition coefficient (Wildman–Crippen LogP) is 4.03. The van der Waals surface area contributed by atoms with Gasteiger partial charge in [0.25, 0.3) is 5.91 Å². The van der Waals surface area contributed by atoms with Gasteiger partial charge in [-0.15, -0.1) is 0 Å². The van der Waals surface area contributed by atoms with Crippen LogP contribution in [-0.2, 0) is 4.79 Å². The van der Waals surface area contributed by atoms with Gasteiger partial charge in [0.1, 0.15) is 12.4 Å². The maximum absolute atomic E-state index is 13.1. The number of carbonyl (C=O) groups excluding carboxylic acids is 1. The average molecular weight is 481 g/mol. The molecule has 2 N–H and O–H groups in total. The Balaban J connectivity index is 1.13. The van der Waals surface area contributed by atoms with Crippen LogP contribution in [0.4, 0.5) is 5.69 Å². The van der Waals surface area contributed by atoms with Crippen LogP contribution in [0.25, 0.3) is 0 Å². The maximum atomic E-state index is 13.1. The van der Waals surface area contributed by atoms with Gasteiger partial charge in [0.05, 0.1) is 13.2 Å². The fourth-order valence-electron chi connectivity index (χ4n) is 5.07. The summed E-state index contributed by atoms with van der Waals surface area (Å²) in [5.74, 6) is 2.68. The Bertz CT molecular complexity index is 999. The second kappa shape index (κ2) is 10.9. The lowest BCUT2D eigenvalue weighted by Crippen LogP contribution is -2.36. The molecular weight excluding hydrogens is 444 g/mol. The molecule has 2 aromatic rings. The van der Waals surface area contributed by atoms with E-state index >= 15 is 0 Å². The minimum Gasteiger partial charge on any atom is -0.493 e. The van der Waals surface area contributed by atoms with Crippen molar-refractivity contribution < 1.29 is 24.1 Å². The molecule has 0 aromatic heterocycles. The molecule has 1 aliphatic heterocycles. The van der Waals surface area contributed by atoms with E-state index in [2.05, 4.69) is 17.4 Å². The van der Waals surface area contributed by atoms with E-state index in [0.29, 0.717) is 43.0 Å². The van der Waals surface area contributed by atoms with Crippen LogP contribution < -0.4 is 24.4 Å². The summed E-state index contributed by atoms with van der Waals surface area (Å²) in [5.41, 5.74) is 2.14. The monoisotopic (exact) mass is 480 g/mol. The maximum Gasteiger partial charge on any atom is 0.268 e. The minimum atomic E-state index is -0.476. The third-order valence-corrected chi connectivity index (χ3v) is 7.31. The Morgan fingerprint density at radius 3 is 2.46 bits per heavy atom. The lowest BCUT2D eigenvalue weighted by molar-refractivity contribution is -0.122. The number of aliphatic hydroxyl groups is 1. The third kappa shape index (κ3) is 5.90. The molecule has 1 heterocycles. The van der Waals surface area contributed by atoms with E-state index in [-0.39, 0.29) is 12.0 Å². The van der Waals surface area contributed by atoms with Crippen LogP contribution in [0.3, 0.4) is 0 Å². The smallest absolute Gasteiger partial charge is 0.268 e. The first-order valence-electron chi connectivity index (χ1n) is 12.9. The molecular formula is C28H36N2O5. The van der Waals surface area contributed by atoms with E-state index in [1.807, 2.05) is 30.3 Å². The molecule has 35 heavy (non-hydrogen) atoms. The number of nitrogens with one attached hydrogen (secondary N) is 1. The molecule has 3 fully saturated rings. The average Bonchev–Trinajstić information content (AvgIpc) is 3.67. The number of benzene rings is 2. The van der Waals surface area contributed by atoms with Crippen molar-refractivity contribution in [2.24, 2.45) is 0 Å². The van der Waals surface area contributed by atoms with E-state index in [9.17, 15) is 9.90 Å². The summed E-state index contributed by atoms with van der Waals surface area (Å²) in [6.07, 6.45) is 6.29. The predicted molar refractivity (Wildman–Crippen MR) is 135 cm³/mol. The lowest BCUT2D eigenvalue weighted by atomic mass is 9.93. The van der Waals surface area contributed by atoms with Gasteiger partial charge < -0.3 is 29.5 Å². The summed E-state index contributed by atoms with van der Waals surface area (Å²) in [6, 6.07) is 14.2. The van der Waals surface area contributed by atoms with E-state index in [0.717, 1.165) is 43.7 Å². The van der Waals surface area contributed by atoms with Gasteiger partial charge in [0.2, 0.25) is 0 Å². The van der Waals surface area contributed by atoms with Crippen molar-refractivity contribution in [3.05, 3.63) is 48.0 Å². The largest absolute Gasteiger partial charge is 0.493 e. The van der Waals surface area contributed by atoms with Gasteiger partial charge in [-0.2, -0.15) is 0 Å². The fourth-order valence-corrected chi connectivity index (χ4v) is 5.07. The summed E-state index contributed by atoms with van der Waals surface area (Å²) in [4.78, 5) is 14.8. The second-order valence-corrected chi connectivity index (χ2v) is 9.87. The molecule has 2 aromatic carbocycles. The third-order valence-electron chi connectivity index (χ3n) is 7.31. The molecule has 3 aliphatic rings. The van der Waals surface area contributed by atoms with Crippen LogP contribution in [0.15, 0.2) is 42.5 Å². The lowest BCUT2D eigenvalue weighted by Gasteiger charge is -2.26. The first kappa shape index (κ1) is 23.9. The molecule has 188 valence electrons. The van der Waals surface area contributed by atoms with Crippen LogP contribution in [0.2, 0.25) is 0 Å². The number of aliphatic hydroxyl groups excluding tert-OH is 1. The first-order chi connectivity index (χ1) is 17.1. The molecule has 2 saturated carbocycles. The number of methoxy groups -OCH3 is 1. The van der Waals surface area contributed by atoms with Crippen molar-refractivity contribution in [1.29, 1.82) is 0 Å². The zero-order valence-corrected chi connectivity index (χ0v) is 20.4. The number of hydrogen-bond donors (Lipinski definition) is 2. The molecule has 1 saturated heterocycles. The zero-order valence-electron chi connectivity index (χ0n) is 20.4. The molecule has 5 rings (SSSR count). The van der Waals surface area contributed by atoms with Crippen LogP contribution in [0.1, 0.15) is 56.4 Å². The minimum absolute atomic E-state index is 0.0335. The van der Waals surface area contributed by atoms with Gasteiger partial charge in [-0.05, 0) is 74.3 Å². The first-order valence-corrected chi connectivity index (χ1v) is 12.9. The van der Waals surface area contributed by atoms with Gasteiger partial charge in [0.15, 0.2) is 17.6 Å². The topological polar surface area (TPSA) is 80.3 Å². The van der Waals surface area contributed by atoms with Gasteiger partial charge >= 0.3 is 0 Å². The van der Waals surface area contributed by atoms with Gasteiger partial charge in [-0.1, -0.05) is 12.1 Å². The highest BCUT2D eigenvalue weighted by molar-refractivity contribution is 5.99. The highest BCUT2D eigenvalue weighted by Crippen LogP contribution is 2.40. The number of nitrogens with zero attached hydrogens (tertiary/aromatic N) is 1. The summed E-state index contributed by atoms with van der Waals surface area (Å²) in [5, 5.41) is 13.1. The number of ether oxygens (including phenoxy) is 3. The van der Waals surface area contributed by atoms with Crippen LogP contribution in [-0.4, -0.2) is 56.1 Å². The summed E-state index contributed by atoms with van der Waals surface area (Å²) < 4.78 is 17.5. The van der Waals surface area contributed by atoms with E-state index in [4.69, 9.17) is 14.2 Å². The van der Waals surface area contributed by atoms with Crippen LogP contribution in [0, 0.1) is 0 Å². The quantitative estimate of drug-likeness (QED) is 0.500. The van der Waals surface area contributed by atoms with E-state index in [1.54, 1.807) is 12.0 Å². The Morgan fingerprint density at radius 2 is 1.74 bits per heavy atom. The van der Waals surface area contributed by atoms with Crippen molar-refractivity contribution in [2.45, 2.75) is 69.1 Å². The number of anilines is 1. The van der Waals surface area contributed by atoms with Crippen molar-refractivity contribution in [3.8, 4) is 17.2 Å². The Labute approximate surface area is 207 Å². The fraction of sp³-hybridized carbons (Fsp3) is 0.536.